The Morgan fingerprint density at radius 2 is 1.76 bits per heavy atom. The highest BCUT2D eigenvalue weighted by Crippen LogP contribution is 2.30. The van der Waals surface area contributed by atoms with Crippen molar-refractivity contribution in [1.82, 2.24) is 4.72 Å². The highest BCUT2D eigenvalue weighted by Gasteiger charge is 2.20. The lowest BCUT2D eigenvalue weighted by atomic mass is 10.2. The van der Waals surface area contributed by atoms with Crippen LogP contribution in [0.15, 0.2) is 23.1 Å². The standard InChI is InChI=1S/C14H24N2O4S/c1-4-11(10-15)16-21(17,18)12-7-8-13(19-5-2)14(9-12)20-6-3/h7-9,11,16H,4-6,10,15H2,1-3H3. The minimum absolute atomic E-state index is 0.140. The smallest absolute Gasteiger partial charge is 0.241 e. The van der Waals surface area contributed by atoms with Crippen molar-refractivity contribution in [3.8, 4) is 11.5 Å². The van der Waals surface area contributed by atoms with Gasteiger partial charge in [0.2, 0.25) is 10.0 Å². The molecule has 0 radical (unpaired) electrons. The maximum Gasteiger partial charge on any atom is 0.241 e. The monoisotopic (exact) mass is 316 g/mol. The van der Waals surface area contributed by atoms with E-state index in [-0.39, 0.29) is 17.5 Å². The third kappa shape index (κ3) is 4.87. The van der Waals surface area contributed by atoms with Crippen LogP contribution in [0.3, 0.4) is 0 Å². The summed E-state index contributed by atoms with van der Waals surface area (Å²) in [6, 6.07) is 4.29. The van der Waals surface area contributed by atoms with Gasteiger partial charge in [-0.05, 0) is 32.4 Å². The molecule has 1 atom stereocenters. The van der Waals surface area contributed by atoms with E-state index in [1.807, 2.05) is 20.8 Å². The van der Waals surface area contributed by atoms with E-state index < -0.39 is 10.0 Å². The number of benzene rings is 1. The molecule has 0 saturated carbocycles. The molecule has 21 heavy (non-hydrogen) atoms. The van der Waals surface area contributed by atoms with Gasteiger partial charge in [-0.2, -0.15) is 0 Å². The fraction of sp³-hybridized carbons (Fsp3) is 0.571. The van der Waals surface area contributed by atoms with Gasteiger partial charge in [-0.25, -0.2) is 13.1 Å². The zero-order valence-corrected chi connectivity index (χ0v) is 13.6. The molecule has 0 saturated heterocycles. The van der Waals surface area contributed by atoms with E-state index in [0.29, 0.717) is 31.1 Å². The molecule has 0 heterocycles. The van der Waals surface area contributed by atoms with Crippen LogP contribution in [0, 0.1) is 0 Å². The van der Waals surface area contributed by atoms with Crippen molar-refractivity contribution in [2.24, 2.45) is 5.73 Å². The Bertz CT molecular complexity index is 542. The highest BCUT2D eigenvalue weighted by atomic mass is 32.2. The Morgan fingerprint density at radius 3 is 2.29 bits per heavy atom. The van der Waals surface area contributed by atoms with Gasteiger partial charge in [0.1, 0.15) is 0 Å². The highest BCUT2D eigenvalue weighted by molar-refractivity contribution is 7.89. The van der Waals surface area contributed by atoms with Gasteiger partial charge in [-0.15, -0.1) is 0 Å². The summed E-state index contributed by atoms with van der Waals surface area (Å²) in [7, 11) is -3.62. The van der Waals surface area contributed by atoms with Gasteiger partial charge >= 0.3 is 0 Å². The normalized spacial score (nSPS) is 13.0. The summed E-state index contributed by atoms with van der Waals surface area (Å²) < 4.78 is 38.1. The van der Waals surface area contributed by atoms with E-state index in [0.717, 1.165) is 0 Å². The SMILES string of the molecule is CCOc1ccc(S(=O)(=O)NC(CC)CN)cc1OCC. The molecule has 7 heteroatoms. The Balaban J connectivity index is 3.09. The first-order chi connectivity index (χ1) is 9.98. The quantitative estimate of drug-likeness (QED) is 0.720. The number of nitrogens with one attached hydrogen (secondary N) is 1. The average Bonchev–Trinajstić information content (AvgIpc) is 2.47. The van der Waals surface area contributed by atoms with Crippen LogP contribution in [0.4, 0.5) is 0 Å². The second kappa shape index (κ2) is 8.21. The molecule has 0 aliphatic rings. The van der Waals surface area contributed by atoms with Gasteiger partial charge in [-0.3, -0.25) is 0 Å². The topological polar surface area (TPSA) is 90.7 Å². The molecule has 1 aromatic rings. The Hall–Kier alpha value is -1.31. The minimum atomic E-state index is -3.62. The number of rotatable bonds is 9. The summed E-state index contributed by atoms with van der Waals surface area (Å²) in [4.78, 5) is 0.140. The lowest BCUT2D eigenvalue weighted by molar-refractivity contribution is 0.287. The first-order valence-corrected chi connectivity index (χ1v) is 8.58. The molecular formula is C14H24N2O4S. The molecule has 1 rings (SSSR count). The second-order valence-corrected chi connectivity index (χ2v) is 6.15. The Morgan fingerprint density at radius 1 is 1.14 bits per heavy atom. The largest absolute Gasteiger partial charge is 0.490 e. The number of nitrogens with two attached hydrogens (primary N) is 1. The molecule has 120 valence electrons. The second-order valence-electron chi connectivity index (χ2n) is 4.44. The minimum Gasteiger partial charge on any atom is -0.490 e. The summed E-state index contributed by atoms with van der Waals surface area (Å²) in [5, 5.41) is 0. The van der Waals surface area contributed by atoms with Gasteiger partial charge in [0.05, 0.1) is 18.1 Å². The predicted octanol–water partition coefficient (Wildman–Crippen LogP) is 1.50. The van der Waals surface area contributed by atoms with E-state index in [1.54, 1.807) is 6.07 Å². The van der Waals surface area contributed by atoms with Crippen molar-refractivity contribution >= 4 is 10.0 Å². The first kappa shape index (κ1) is 17.7. The van der Waals surface area contributed by atoms with E-state index >= 15 is 0 Å². The first-order valence-electron chi connectivity index (χ1n) is 7.10. The van der Waals surface area contributed by atoms with Crippen LogP contribution in [0.2, 0.25) is 0 Å². The third-order valence-electron chi connectivity index (χ3n) is 2.92. The summed E-state index contributed by atoms with van der Waals surface area (Å²) in [6.45, 7) is 6.73. The van der Waals surface area contributed by atoms with Crippen LogP contribution in [-0.4, -0.2) is 34.2 Å². The molecule has 6 nitrogen and oxygen atoms in total. The van der Waals surface area contributed by atoms with Crippen molar-refractivity contribution in [2.75, 3.05) is 19.8 Å². The van der Waals surface area contributed by atoms with Crippen LogP contribution in [0.25, 0.3) is 0 Å². The average molecular weight is 316 g/mol. The zero-order valence-electron chi connectivity index (χ0n) is 12.8. The summed E-state index contributed by atoms with van der Waals surface area (Å²) in [5.74, 6) is 0.951. The van der Waals surface area contributed by atoms with Crippen molar-refractivity contribution in [1.29, 1.82) is 0 Å². The van der Waals surface area contributed by atoms with E-state index in [4.69, 9.17) is 15.2 Å². The fourth-order valence-corrected chi connectivity index (χ4v) is 3.13. The van der Waals surface area contributed by atoms with Crippen molar-refractivity contribution in [2.45, 2.75) is 38.1 Å². The molecule has 0 aromatic heterocycles. The summed E-state index contributed by atoms with van der Waals surface area (Å²) in [5.41, 5.74) is 5.54. The van der Waals surface area contributed by atoms with Gasteiger partial charge in [0.15, 0.2) is 11.5 Å². The van der Waals surface area contributed by atoms with Gasteiger partial charge in [0, 0.05) is 18.7 Å². The summed E-state index contributed by atoms with van der Waals surface area (Å²) >= 11 is 0. The third-order valence-corrected chi connectivity index (χ3v) is 4.44. The lowest BCUT2D eigenvalue weighted by Crippen LogP contribution is -2.39. The Labute approximate surface area is 126 Å². The van der Waals surface area contributed by atoms with Gasteiger partial charge in [-0.1, -0.05) is 6.92 Å². The van der Waals surface area contributed by atoms with Gasteiger partial charge in [0.25, 0.3) is 0 Å². The van der Waals surface area contributed by atoms with E-state index in [9.17, 15) is 8.42 Å². The molecular weight excluding hydrogens is 292 g/mol. The predicted molar refractivity (Wildman–Crippen MR) is 82.2 cm³/mol. The van der Waals surface area contributed by atoms with Crippen molar-refractivity contribution in [3.05, 3.63) is 18.2 Å². The fourth-order valence-electron chi connectivity index (χ4n) is 1.78. The molecule has 1 aromatic carbocycles. The van der Waals surface area contributed by atoms with Crippen LogP contribution in [0.1, 0.15) is 27.2 Å². The molecule has 1 unspecified atom stereocenters. The molecule has 0 spiro atoms. The number of hydrogen-bond donors (Lipinski definition) is 2. The van der Waals surface area contributed by atoms with E-state index in [1.165, 1.54) is 12.1 Å². The molecule has 0 aliphatic carbocycles. The molecule has 0 amide bonds. The molecule has 0 aliphatic heterocycles. The Kier molecular flexibility index (Phi) is 6.94. The van der Waals surface area contributed by atoms with E-state index in [2.05, 4.69) is 4.72 Å². The van der Waals surface area contributed by atoms with Crippen LogP contribution in [-0.2, 0) is 10.0 Å². The maximum absolute atomic E-state index is 12.3. The lowest BCUT2D eigenvalue weighted by Gasteiger charge is -2.16. The zero-order chi connectivity index (χ0) is 15.9. The number of ether oxygens (including phenoxy) is 2. The van der Waals surface area contributed by atoms with Crippen molar-refractivity contribution in [3.63, 3.8) is 0 Å². The maximum atomic E-state index is 12.3. The molecule has 3 N–H and O–H groups in total. The molecule has 0 bridgehead atoms. The number of hydrogen-bond acceptors (Lipinski definition) is 5. The van der Waals surface area contributed by atoms with Crippen molar-refractivity contribution < 1.29 is 17.9 Å². The van der Waals surface area contributed by atoms with Crippen LogP contribution >= 0.6 is 0 Å². The number of sulfonamides is 1. The van der Waals surface area contributed by atoms with Crippen LogP contribution in [0.5, 0.6) is 11.5 Å². The van der Waals surface area contributed by atoms with Gasteiger partial charge < -0.3 is 15.2 Å². The van der Waals surface area contributed by atoms with Crippen LogP contribution < -0.4 is 19.9 Å². The molecule has 0 fully saturated rings. The summed E-state index contributed by atoms with van der Waals surface area (Å²) in [6.07, 6.45) is 0.630.